The van der Waals surface area contributed by atoms with Gasteiger partial charge in [0.2, 0.25) is 0 Å². The van der Waals surface area contributed by atoms with Gasteiger partial charge in [-0.25, -0.2) is 0 Å². The number of hydrazine groups is 1. The molecule has 0 aromatic heterocycles. The molecule has 2 aromatic carbocycles. The first-order chi connectivity index (χ1) is 11.9. The van der Waals surface area contributed by atoms with E-state index in [-0.39, 0.29) is 11.5 Å². The van der Waals surface area contributed by atoms with Crippen LogP contribution in [-0.2, 0) is 6.18 Å². The lowest BCUT2D eigenvalue weighted by molar-refractivity contribution is -0.137. The Bertz CT molecular complexity index is 746. The predicted octanol–water partition coefficient (Wildman–Crippen LogP) is 5.21. The molecular weight excluding hydrogens is 327 g/mol. The highest BCUT2D eigenvalue weighted by molar-refractivity contribution is 5.52. The fraction of sp³-hybridized carbons (Fsp3) is 0.158. The van der Waals surface area contributed by atoms with Gasteiger partial charge in [0.25, 0.3) is 0 Å². The van der Waals surface area contributed by atoms with Gasteiger partial charge in [-0.15, -0.1) is 6.42 Å². The van der Waals surface area contributed by atoms with Crippen molar-refractivity contribution in [3.63, 3.8) is 0 Å². The Labute approximate surface area is 145 Å². The standard InChI is InChI=1S/C17H14F3N3.C2H6/c1-3-13-6-4-9-16(10-13)23-22-12(2)21-15-8-5-7-14(11-15)17(18,19)20;1-2/h1,4-11,21-23H,2H2;1-2H3. The summed E-state index contributed by atoms with van der Waals surface area (Å²) in [5, 5.41) is 2.74. The maximum absolute atomic E-state index is 12.7. The summed E-state index contributed by atoms with van der Waals surface area (Å²) in [5.41, 5.74) is 6.55. The van der Waals surface area contributed by atoms with Crippen LogP contribution in [0.25, 0.3) is 0 Å². The Hall–Kier alpha value is -3.07. The predicted molar refractivity (Wildman–Crippen MR) is 96.7 cm³/mol. The van der Waals surface area contributed by atoms with E-state index >= 15 is 0 Å². The van der Waals surface area contributed by atoms with Crippen LogP contribution in [0.2, 0.25) is 0 Å². The third-order valence-electron chi connectivity index (χ3n) is 2.87. The number of halogens is 3. The van der Waals surface area contributed by atoms with Gasteiger partial charge < -0.3 is 5.32 Å². The monoisotopic (exact) mass is 347 g/mol. The lowest BCUT2D eigenvalue weighted by Crippen LogP contribution is -2.24. The van der Waals surface area contributed by atoms with Gasteiger partial charge in [-0.3, -0.25) is 10.9 Å². The average Bonchev–Trinajstić information content (AvgIpc) is 2.61. The second-order valence-corrected chi connectivity index (χ2v) is 4.66. The van der Waals surface area contributed by atoms with Crippen molar-refractivity contribution in [1.82, 2.24) is 5.43 Å². The van der Waals surface area contributed by atoms with Crippen LogP contribution in [0.3, 0.4) is 0 Å². The van der Waals surface area contributed by atoms with Crippen LogP contribution in [-0.4, -0.2) is 0 Å². The molecule has 0 aliphatic heterocycles. The number of hydrogen-bond donors (Lipinski definition) is 3. The number of alkyl halides is 3. The summed E-state index contributed by atoms with van der Waals surface area (Å²) in [6, 6.07) is 11.9. The van der Waals surface area contributed by atoms with Gasteiger partial charge >= 0.3 is 6.18 Å². The molecular formula is C19H20F3N3. The quantitative estimate of drug-likeness (QED) is 0.513. The van der Waals surface area contributed by atoms with E-state index < -0.39 is 11.7 Å². The van der Waals surface area contributed by atoms with Crippen LogP contribution >= 0.6 is 0 Å². The first-order valence-corrected chi connectivity index (χ1v) is 7.60. The minimum Gasteiger partial charge on any atom is -0.341 e. The van der Waals surface area contributed by atoms with E-state index in [0.29, 0.717) is 11.3 Å². The lowest BCUT2D eigenvalue weighted by atomic mass is 10.2. The second kappa shape index (κ2) is 9.28. The van der Waals surface area contributed by atoms with Crippen molar-refractivity contribution in [1.29, 1.82) is 0 Å². The molecule has 2 aromatic rings. The number of anilines is 2. The molecule has 3 N–H and O–H groups in total. The highest BCUT2D eigenvalue weighted by atomic mass is 19.4. The Balaban J connectivity index is 0.00000151. The molecule has 0 aliphatic carbocycles. The highest BCUT2D eigenvalue weighted by Gasteiger charge is 2.30. The van der Waals surface area contributed by atoms with E-state index in [9.17, 15) is 13.2 Å². The molecule has 6 heteroatoms. The Kier molecular flexibility index (Phi) is 7.42. The Morgan fingerprint density at radius 1 is 1.04 bits per heavy atom. The first kappa shape index (κ1) is 20.0. The number of benzene rings is 2. The molecule has 0 aliphatic rings. The molecule has 0 bridgehead atoms. The number of terminal acetylenes is 1. The SMILES string of the molecule is C#Cc1cccc(NNC(=C)Nc2cccc(C(F)(F)F)c2)c1.CC. The second-order valence-electron chi connectivity index (χ2n) is 4.66. The molecule has 2 rings (SSSR count). The molecule has 0 atom stereocenters. The summed E-state index contributed by atoms with van der Waals surface area (Å²) >= 11 is 0. The zero-order valence-corrected chi connectivity index (χ0v) is 14.0. The highest BCUT2D eigenvalue weighted by Crippen LogP contribution is 2.30. The maximum atomic E-state index is 12.7. The third-order valence-corrected chi connectivity index (χ3v) is 2.87. The zero-order chi connectivity index (χ0) is 18.9. The molecule has 0 unspecified atom stereocenters. The minimum absolute atomic E-state index is 0.275. The molecule has 0 heterocycles. The summed E-state index contributed by atoms with van der Waals surface area (Å²) in [6.45, 7) is 7.69. The number of hydrogen-bond acceptors (Lipinski definition) is 3. The summed E-state index contributed by atoms with van der Waals surface area (Å²) in [6.07, 6.45) is 0.918. The molecule has 3 nitrogen and oxygen atoms in total. The van der Waals surface area contributed by atoms with Gasteiger partial charge in [0.05, 0.1) is 11.3 Å². The van der Waals surface area contributed by atoms with Crippen LogP contribution in [0.5, 0.6) is 0 Å². The van der Waals surface area contributed by atoms with Crippen molar-refractivity contribution < 1.29 is 13.2 Å². The van der Waals surface area contributed by atoms with E-state index in [1.54, 1.807) is 24.3 Å². The maximum Gasteiger partial charge on any atom is 0.416 e. The van der Waals surface area contributed by atoms with Crippen molar-refractivity contribution in [2.24, 2.45) is 0 Å². The van der Waals surface area contributed by atoms with Crippen LogP contribution in [0.1, 0.15) is 25.0 Å². The van der Waals surface area contributed by atoms with E-state index in [4.69, 9.17) is 6.42 Å². The summed E-state index contributed by atoms with van der Waals surface area (Å²) in [4.78, 5) is 0. The van der Waals surface area contributed by atoms with Crippen LogP contribution in [0.4, 0.5) is 24.5 Å². The fourth-order valence-corrected chi connectivity index (χ4v) is 1.81. The molecule has 0 fully saturated rings. The third kappa shape index (κ3) is 6.51. The van der Waals surface area contributed by atoms with Crippen molar-refractivity contribution >= 4 is 11.4 Å². The first-order valence-electron chi connectivity index (χ1n) is 7.60. The van der Waals surface area contributed by atoms with Crippen molar-refractivity contribution in [3.05, 3.63) is 72.1 Å². The summed E-state index contributed by atoms with van der Waals surface area (Å²) in [7, 11) is 0. The minimum atomic E-state index is -4.39. The normalized spacial score (nSPS) is 9.92. The molecule has 25 heavy (non-hydrogen) atoms. The summed E-state index contributed by atoms with van der Waals surface area (Å²) < 4.78 is 38.0. The molecule has 0 amide bonds. The Morgan fingerprint density at radius 3 is 2.32 bits per heavy atom. The Morgan fingerprint density at radius 2 is 1.68 bits per heavy atom. The van der Waals surface area contributed by atoms with Gasteiger partial charge in [-0.1, -0.05) is 38.5 Å². The largest absolute Gasteiger partial charge is 0.416 e. The molecule has 0 saturated heterocycles. The van der Waals surface area contributed by atoms with Crippen molar-refractivity contribution in [2.45, 2.75) is 20.0 Å². The molecule has 0 radical (unpaired) electrons. The summed E-state index contributed by atoms with van der Waals surface area (Å²) in [5.74, 6) is 2.79. The van der Waals surface area contributed by atoms with Gasteiger partial charge in [-0.05, 0) is 36.4 Å². The lowest BCUT2D eigenvalue weighted by Gasteiger charge is -2.15. The van der Waals surface area contributed by atoms with Gasteiger partial charge in [-0.2, -0.15) is 13.2 Å². The van der Waals surface area contributed by atoms with E-state index in [0.717, 1.165) is 12.1 Å². The van der Waals surface area contributed by atoms with Gasteiger partial charge in [0.15, 0.2) is 0 Å². The number of rotatable bonds is 5. The molecule has 132 valence electrons. The van der Waals surface area contributed by atoms with Crippen LogP contribution in [0, 0.1) is 12.3 Å². The molecule has 0 spiro atoms. The van der Waals surface area contributed by atoms with E-state index in [2.05, 4.69) is 28.7 Å². The smallest absolute Gasteiger partial charge is 0.341 e. The van der Waals surface area contributed by atoms with Crippen LogP contribution < -0.4 is 16.2 Å². The topological polar surface area (TPSA) is 36.1 Å². The van der Waals surface area contributed by atoms with E-state index in [1.807, 2.05) is 13.8 Å². The zero-order valence-electron chi connectivity index (χ0n) is 14.0. The van der Waals surface area contributed by atoms with Crippen LogP contribution in [0.15, 0.2) is 60.9 Å². The van der Waals surface area contributed by atoms with E-state index in [1.165, 1.54) is 12.1 Å². The average molecular weight is 347 g/mol. The number of nitrogens with one attached hydrogen (secondary N) is 3. The van der Waals surface area contributed by atoms with Crippen molar-refractivity contribution in [2.75, 3.05) is 10.7 Å². The van der Waals surface area contributed by atoms with Gasteiger partial charge in [0, 0.05) is 11.3 Å². The molecule has 0 saturated carbocycles. The van der Waals surface area contributed by atoms with Crippen molar-refractivity contribution in [3.8, 4) is 12.3 Å². The fourth-order valence-electron chi connectivity index (χ4n) is 1.81. The van der Waals surface area contributed by atoms with Gasteiger partial charge in [0.1, 0.15) is 5.82 Å².